The van der Waals surface area contributed by atoms with Crippen LogP contribution in [0.3, 0.4) is 0 Å². The molecule has 0 aliphatic rings. The summed E-state index contributed by atoms with van der Waals surface area (Å²) in [6.45, 7) is 3.90. The van der Waals surface area contributed by atoms with Crippen LogP contribution in [0.1, 0.15) is 30.8 Å². The number of hydrogen-bond donors (Lipinski definition) is 1. The molecule has 0 fully saturated rings. The fourth-order valence-electron chi connectivity index (χ4n) is 2.26. The highest BCUT2D eigenvalue weighted by molar-refractivity contribution is 7.90. The maximum absolute atomic E-state index is 12.5. The Labute approximate surface area is 150 Å². The van der Waals surface area contributed by atoms with Gasteiger partial charge in [0.15, 0.2) is 9.84 Å². The molecule has 0 aliphatic carbocycles. The van der Waals surface area contributed by atoms with Gasteiger partial charge in [0.05, 0.1) is 10.6 Å². The predicted octanol–water partition coefficient (Wildman–Crippen LogP) is -0.0426. The number of amides is 1. The lowest BCUT2D eigenvalue weighted by Crippen LogP contribution is -2.45. The average molecular weight is 380 g/mol. The first kappa shape index (κ1) is 19.6. The summed E-state index contributed by atoms with van der Waals surface area (Å²) in [6, 6.07) is 5.44. The number of rotatable bonds is 6. The van der Waals surface area contributed by atoms with Gasteiger partial charge in [0.2, 0.25) is 5.69 Å². The molecule has 140 valence electrons. The van der Waals surface area contributed by atoms with E-state index < -0.39 is 32.7 Å². The molecule has 10 heteroatoms. The SMILES string of the molecule is CCCNC(=O)c1nn(-c2ccc(S(C)(=O)=O)cc2)c(=O)n(CC)c1=O. The summed E-state index contributed by atoms with van der Waals surface area (Å²) in [6.07, 6.45) is 1.75. The van der Waals surface area contributed by atoms with E-state index in [-0.39, 0.29) is 17.1 Å². The molecule has 1 aromatic carbocycles. The van der Waals surface area contributed by atoms with Crippen LogP contribution in [0.4, 0.5) is 0 Å². The molecule has 0 spiro atoms. The van der Waals surface area contributed by atoms with Crippen LogP contribution in [0, 0.1) is 0 Å². The number of hydrogen-bond acceptors (Lipinski definition) is 6. The average Bonchev–Trinajstić information content (AvgIpc) is 2.59. The van der Waals surface area contributed by atoms with Gasteiger partial charge in [-0.15, -0.1) is 0 Å². The molecule has 0 saturated heterocycles. The largest absolute Gasteiger partial charge is 0.352 e. The van der Waals surface area contributed by atoms with E-state index in [2.05, 4.69) is 10.4 Å². The third-order valence-electron chi connectivity index (χ3n) is 3.64. The molecule has 0 unspecified atom stereocenters. The van der Waals surface area contributed by atoms with E-state index in [1.54, 1.807) is 6.92 Å². The van der Waals surface area contributed by atoms with E-state index in [0.29, 0.717) is 13.0 Å². The third-order valence-corrected chi connectivity index (χ3v) is 4.76. The zero-order chi connectivity index (χ0) is 19.5. The summed E-state index contributed by atoms with van der Waals surface area (Å²) >= 11 is 0. The second kappa shape index (κ2) is 7.65. The molecule has 1 amide bonds. The number of nitrogens with one attached hydrogen (secondary N) is 1. The minimum absolute atomic E-state index is 0.0651. The summed E-state index contributed by atoms with van der Waals surface area (Å²) in [4.78, 5) is 37.1. The highest BCUT2D eigenvalue weighted by Gasteiger charge is 2.19. The van der Waals surface area contributed by atoms with Crippen molar-refractivity contribution in [3.8, 4) is 5.69 Å². The Morgan fingerprint density at radius 2 is 1.77 bits per heavy atom. The van der Waals surface area contributed by atoms with Crippen LogP contribution in [-0.2, 0) is 16.4 Å². The Hall–Kier alpha value is -2.75. The highest BCUT2D eigenvalue weighted by Crippen LogP contribution is 2.11. The summed E-state index contributed by atoms with van der Waals surface area (Å²) in [5.41, 5.74) is -1.63. The van der Waals surface area contributed by atoms with Crippen molar-refractivity contribution >= 4 is 15.7 Å². The summed E-state index contributed by atoms with van der Waals surface area (Å²) in [5.74, 6) is -0.666. The number of nitrogens with zero attached hydrogens (tertiary/aromatic N) is 3. The molecule has 9 nitrogen and oxygen atoms in total. The van der Waals surface area contributed by atoms with E-state index in [1.807, 2.05) is 6.92 Å². The first-order valence-corrected chi connectivity index (χ1v) is 9.92. The van der Waals surface area contributed by atoms with Gasteiger partial charge in [-0.2, -0.15) is 9.78 Å². The van der Waals surface area contributed by atoms with Gasteiger partial charge in [0.1, 0.15) is 0 Å². The van der Waals surface area contributed by atoms with Gasteiger partial charge in [-0.05, 0) is 37.6 Å². The molecular formula is C16H20N4O5S. The Morgan fingerprint density at radius 3 is 2.27 bits per heavy atom. The van der Waals surface area contributed by atoms with Crippen molar-refractivity contribution in [3.05, 3.63) is 50.8 Å². The van der Waals surface area contributed by atoms with Crippen molar-refractivity contribution in [2.45, 2.75) is 31.7 Å². The molecule has 1 aromatic heterocycles. The van der Waals surface area contributed by atoms with Crippen molar-refractivity contribution in [3.63, 3.8) is 0 Å². The highest BCUT2D eigenvalue weighted by atomic mass is 32.2. The van der Waals surface area contributed by atoms with Crippen LogP contribution < -0.4 is 16.6 Å². The maximum atomic E-state index is 12.5. The number of aromatic nitrogens is 3. The molecule has 2 aromatic rings. The van der Waals surface area contributed by atoms with Gasteiger partial charge in [-0.1, -0.05) is 6.92 Å². The normalized spacial score (nSPS) is 11.3. The van der Waals surface area contributed by atoms with Gasteiger partial charge in [-0.25, -0.2) is 13.2 Å². The summed E-state index contributed by atoms with van der Waals surface area (Å²) < 4.78 is 24.9. The van der Waals surface area contributed by atoms with Crippen molar-refractivity contribution in [1.29, 1.82) is 0 Å². The molecule has 0 saturated carbocycles. The lowest BCUT2D eigenvalue weighted by atomic mass is 10.3. The van der Waals surface area contributed by atoms with Crippen LogP contribution in [-0.4, -0.2) is 41.5 Å². The number of carbonyl (C=O) groups excluding carboxylic acids is 1. The fraction of sp³-hybridized carbons (Fsp3) is 0.375. The Balaban J connectivity index is 2.63. The van der Waals surface area contributed by atoms with E-state index in [9.17, 15) is 22.8 Å². The van der Waals surface area contributed by atoms with Crippen molar-refractivity contribution in [2.75, 3.05) is 12.8 Å². The van der Waals surface area contributed by atoms with Crippen LogP contribution in [0.2, 0.25) is 0 Å². The lowest BCUT2D eigenvalue weighted by molar-refractivity contribution is 0.0944. The van der Waals surface area contributed by atoms with Gasteiger partial charge in [-0.3, -0.25) is 14.2 Å². The molecule has 26 heavy (non-hydrogen) atoms. The summed E-state index contributed by atoms with van der Waals surface area (Å²) in [5, 5.41) is 6.46. The zero-order valence-corrected chi connectivity index (χ0v) is 15.5. The number of carbonyl (C=O) groups is 1. The molecule has 1 heterocycles. The van der Waals surface area contributed by atoms with E-state index in [4.69, 9.17) is 0 Å². The smallest absolute Gasteiger partial charge is 0.350 e. The maximum Gasteiger partial charge on any atom is 0.352 e. The molecule has 0 aliphatic heterocycles. The van der Waals surface area contributed by atoms with Gasteiger partial charge in [0.25, 0.3) is 11.5 Å². The zero-order valence-electron chi connectivity index (χ0n) is 14.7. The quantitative estimate of drug-likeness (QED) is 0.751. The van der Waals surface area contributed by atoms with E-state index in [0.717, 1.165) is 15.5 Å². The van der Waals surface area contributed by atoms with E-state index in [1.165, 1.54) is 24.3 Å². The second-order valence-corrected chi connectivity index (χ2v) is 7.63. The van der Waals surface area contributed by atoms with Gasteiger partial charge in [0, 0.05) is 19.3 Å². The first-order valence-electron chi connectivity index (χ1n) is 8.03. The molecule has 1 N–H and O–H groups in total. The van der Waals surface area contributed by atoms with Crippen molar-refractivity contribution in [1.82, 2.24) is 19.7 Å². The topological polar surface area (TPSA) is 120 Å². The molecule has 0 radical (unpaired) electrons. The van der Waals surface area contributed by atoms with Crippen LogP contribution >= 0.6 is 0 Å². The minimum atomic E-state index is -3.39. The molecule has 0 bridgehead atoms. The van der Waals surface area contributed by atoms with Crippen molar-refractivity contribution < 1.29 is 13.2 Å². The number of benzene rings is 1. The first-order chi connectivity index (χ1) is 12.2. The Kier molecular flexibility index (Phi) is 5.76. The second-order valence-electron chi connectivity index (χ2n) is 5.61. The summed E-state index contributed by atoms with van der Waals surface area (Å²) in [7, 11) is -3.39. The van der Waals surface area contributed by atoms with Crippen molar-refractivity contribution in [2.24, 2.45) is 0 Å². The van der Waals surface area contributed by atoms with Crippen LogP contribution in [0.25, 0.3) is 5.69 Å². The van der Waals surface area contributed by atoms with Gasteiger partial charge < -0.3 is 5.32 Å². The minimum Gasteiger partial charge on any atom is -0.350 e. The van der Waals surface area contributed by atoms with Crippen LogP contribution in [0.5, 0.6) is 0 Å². The van der Waals surface area contributed by atoms with Gasteiger partial charge >= 0.3 is 5.69 Å². The Bertz CT molecular complexity index is 1040. The number of sulfone groups is 1. The Morgan fingerprint density at radius 1 is 1.15 bits per heavy atom. The predicted molar refractivity (Wildman–Crippen MR) is 95.5 cm³/mol. The third kappa shape index (κ3) is 3.90. The van der Waals surface area contributed by atoms with E-state index >= 15 is 0 Å². The standard InChI is InChI=1S/C16H20N4O5S/c1-4-10-17-14(21)13-15(22)19(5-2)16(23)20(18-13)11-6-8-12(9-7-11)26(3,24)25/h6-9H,4-5,10H2,1-3H3,(H,17,21). The van der Waals surface area contributed by atoms with Crippen LogP contribution in [0.15, 0.2) is 38.8 Å². The monoisotopic (exact) mass is 380 g/mol. The lowest BCUT2D eigenvalue weighted by Gasteiger charge is -2.11. The molecule has 0 atom stereocenters. The molecular weight excluding hydrogens is 360 g/mol. The fourth-order valence-corrected chi connectivity index (χ4v) is 2.89. The molecule has 2 rings (SSSR count).